The standard InChI is InChI=1S/C23H23F3N2O3S/c1-2-31-22(30)16-7-10-27(11-8-16)21(29)19-13-20-18(9-12-32-20)28(19)14-15-3-5-17(6-4-15)23(24,25)26/h3-6,9,12-13,16H,2,7-8,10-11,14H2,1H3. The van der Waals surface area contributed by atoms with Crippen LogP contribution in [0, 0.1) is 5.92 Å². The van der Waals surface area contributed by atoms with Crippen LogP contribution in [0.4, 0.5) is 13.2 Å². The van der Waals surface area contributed by atoms with Gasteiger partial charge < -0.3 is 14.2 Å². The third kappa shape index (κ3) is 4.53. The molecule has 0 bridgehead atoms. The Hall–Kier alpha value is -2.81. The summed E-state index contributed by atoms with van der Waals surface area (Å²) in [5.74, 6) is -0.546. The minimum Gasteiger partial charge on any atom is -0.466 e. The molecular weight excluding hydrogens is 441 g/mol. The van der Waals surface area contributed by atoms with E-state index in [1.807, 2.05) is 22.1 Å². The molecule has 0 N–H and O–H groups in total. The van der Waals surface area contributed by atoms with Crippen molar-refractivity contribution < 1.29 is 27.5 Å². The summed E-state index contributed by atoms with van der Waals surface area (Å²) in [7, 11) is 0. The Morgan fingerprint density at radius 3 is 2.44 bits per heavy atom. The van der Waals surface area contributed by atoms with Crippen LogP contribution in [0.15, 0.2) is 41.8 Å². The summed E-state index contributed by atoms with van der Waals surface area (Å²) in [6.45, 7) is 3.32. The lowest BCUT2D eigenvalue weighted by molar-refractivity contribution is -0.149. The fourth-order valence-corrected chi connectivity index (χ4v) is 4.87. The normalized spacial score (nSPS) is 15.3. The SMILES string of the molecule is CCOC(=O)C1CCN(C(=O)c2cc3sccc3n2Cc2ccc(C(F)(F)F)cc2)CC1. The molecule has 0 spiro atoms. The summed E-state index contributed by atoms with van der Waals surface area (Å²) in [4.78, 5) is 27.0. The fraction of sp³-hybridized carbons (Fsp3) is 0.391. The number of benzene rings is 1. The zero-order valence-corrected chi connectivity index (χ0v) is 18.3. The number of ether oxygens (including phenoxy) is 1. The van der Waals surface area contributed by atoms with Crippen LogP contribution in [-0.4, -0.2) is 41.0 Å². The highest BCUT2D eigenvalue weighted by Gasteiger charge is 2.31. The number of piperidine rings is 1. The molecule has 0 saturated carbocycles. The van der Waals surface area contributed by atoms with Crippen molar-refractivity contribution in [3.8, 4) is 0 Å². The number of alkyl halides is 3. The Morgan fingerprint density at radius 2 is 1.81 bits per heavy atom. The van der Waals surface area contributed by atoms with Gasteiger partial charge in [-0.2, -0.15) is 13.2 Å². The maximum Gasteiger partial charge on any atom is 0.416 e. The Morgan fingerprint density at radius 1 is 1.12 bits per heavy atom. The molecule has 2 aromatic heterocycles. The van der Waals surface area contributed by atoms with Crippen molar-refractivity contribution in [3.05, 3.63) is 58.6 Å². The van der Waals surface area contributed by atoms with Crippen LogP contribution in [0.3, 0.4) is 0 Å². The summed E-state index contributed by atoms with van der Waals surface area (Å²) in [6.07, 6.45) is -3.28. The quantitative estimate of drug-likeness (QED) is 0.489. The van der Waals surface area contributed by atoms with E-state index >= 15 is 0 Å². The number of aromatic nitrogens is 1. The average molecular weight is 465 g/mol. The number of thiophene rings is 1. The lowest BCUT2D eigenvalue weighted by atomic mass is 9.97. The van der Waals surface area contributed by atoms with Crippen molar-refractivity contribution in [2.75, 3.05) is 19.7 Å². The van der Waals surface area contributed by atoms with Gasteiger partial charge in [0.1, 0.15) is 5.69 Å². The van der Waals surface area contributed by atoms with Gasteiger partial charge in [-0.15, -0.1) is 11.3 Å². The van der Waals surface area contributed by atoms with E-state index in [9.17, 15) is 22.8 Å². The van der Waals surface area contributed by atoms with Gasteiger partial charge in [-0.1, -0.05) is 12.1 Å². The van der Waals surface area contributed by atoms with Crippen LogP contribution in [0.1, 0.15) is 41.4 Å². The maximum atomic E-state index is 13.3. The second kappa shape index (κ2) is 8.97. The van der Waals surface area contributed by atoms with E-state index in [1.165, 1.54) is 23.5 Å². The first-order valence-corrected chi connectivity index (χ1v) is 11.3. The van der Waals surface area contributed by atoms with Gasteiger partial charge in [-0.25, -0.2) is 0 Å². The second-order valence-corrected chi connectivity index (χ2v) is 8.75. The maximum absolute atomic E-state index is 13.3. The molecule has 3 heterocycles. The molecule has 1 aliphatic heterocycles. The molecule has 0 radical (unpaired) electrons. The predicted molar refractivity (Wildman–Crippen MR) is 116 cm³/mol. The number of carbonyl (C=O) groups excluding carboxylic acids is 2. The van der Waals surface area contributed by atoms with Crippen LogP contribution in [0.2, 0.25) is 0 Å². The zero-order chi connectivity index (χ0) is 22.9. The topological polar surface area (TPSA) is 51.5 Å². The van der Waals surface area contributed by atoms with Crippen molar-refractivity contribution in [2.24, 2.45) is 5.92 Å². The van der Waals surface area contributed by atoms with Crippen molar-refractivity contribution in [1.82, 2.24) is 9.47 Å². The van der Waals surface area contributed by atoms with Gasteiger partial charge in [0.15, 0.2) is 0 Å². The van der Waals surface area contributed by atoms with Gasteiger partial charge in [0.05, 0.1) is 28.3 Å². The first-order chi connectivity index (χ1) is 15.3. The summed E-state index contributed by atoms with van der Waals surface area (Å²) < 4.78 is 46.5. The molecule has 5 nitrogen and oxygen atoms in total. The molecule has 0 aliphatic carbocycles. The van der Waals surface area contributed by atoms with Gasteiger partial charge >= 0.3 is 12.1 Å². The van der Waals surface area contributed by atoms with Gasteiger partial charge in [0.2, 0.25) is 0 Å². The minimum absolute atomic E-state index is 0.136. The molecule has 1 amide bonds. The van der Waals surface area contributed by atoms with E-state index in [0.717, 1.165) is 22.3 Å². The molecule has 1 aromatic carbocycles. The highest BCUT2D eigenvalue weighted by atomic mass is 32.1. The molecule has 32 heavy (non-hydrogen) atoms. The number of nitrogens with zero attached hydrogens (tertiary/aromatic N) is 2. The predicted octanol–water partition coefficient (Wildman–Crippen LogP) is 5.19. The van der Waals surface area contributed by atoms with E-state index < -0.39 is 11.7 Å². The van der Waals surface area contributed by atoms with E-state index in [0.29, 0.717) is 50.3 Å². The first kappa shape index (κ1) is 22.4. The number of fused-ring (bicyclic) bond motifs is 1. The summed E-state index contributed by atoms with van der Waals surface area (Å²) in [5, 5.41) is 1.92. The number of hydrogen-bond donors (Lipinski definition) is 0. The molecule has 0 atom stereocenters. The van der Waals surface area contributed by atoms with Gasteiger partial charge in [-0.3, -0.25) is 9.59 Å². The highest BCUT2D eigenvalue weighted by Crippen LogP contribution is 2.31. The number of likely N-dealkylation sites (tertiary alicyclic amines) is 1. The number of halogens is 3. The van der Waals surface area contributed by atoms with E-state index in [4.69, 9.17) is 4.74 Å². The van der Waals surface area contributed by atoms with Crippen molar-refractivity contribution in [2.45, 2.75) is 32.5 Å². The van der Waals surface area contributed by atoms with Crippen LogP contribution < -0.4 is 0 Å². The first-order valence-electron chi connectivity index (χ1n) is 10.5. The summed E-state index contributed by atoms with van der Waals surface area (Å²) >= 11 is 1.51. The lowest BCUT2D eigenvalue weighted by Gasteiger charge is -2.31. The summed E-state index contributed by atoms with van der Waals surface area (Å²) in [6, 6.07) is 8.76. The Balaban J connectivity index is 1.54. The molecular formula is C23H23F3N2O3S. The number of rotatable bonds is 5. The molecule has 1 fully saturated rings. The van der Waals surface area contributed by atoms with Gasteiger partial charge in [-0.05, 0) is 55.0 Å². The molecule has 170 valence electrons. The van der Waals surface area contributed by atoms with Gasteiger partial charge in [0, 0.05) is 19.6 Å². The molecule has 1 aliphatic rings. The van der Waals surface area contributed by atoms with Crippen LogP contribution in [0.5, 0.6) is 0 Å². The number of esters is 1. The molecule has 3 aromatic rings. The second-order valence-electron chi connectivity index (χ2n) is 7.80. The van der Waals surface area contributed by atoms with Crippen molar-refractivity contribution in [3.63, 3.8) is 0 Å². The lowest BCUT2D eigenvalue weighted by Crippen LogP contribution is -2.41. The highest BCUT2D eigenvalue weighted by molar-refractivity contribution is 7.17. The Kier molecular flexibility index (Phi) is 6.28. The van der Waals surface area contributed by atoms with Crippen LogP contribution in [-0.2, 0) is 22.3 Å². The fourth-order valence-electron chi connectivity index (χ4n) is 4.05. The van der Waals surface area contributed by atoms with E-state index in [1.54, 1.807) is 11.8 Å². The third-order valence-corrected chi connectivity index (χ3v) is 6.62. The smallest absolute Gasteiger partial charge is 0.416 e. The van der Waals surface area contributed by atoms with E-state index in [-0.39, 0.29) is 17.8 Å². The van der Waals surface area contributed by atoms with Gasteiger partial charge in [0.25, 0.3) is 5.91 Å². The average Bonchev–Trinajstić information content (AvgIpc) is 3.36. The summed E-state index contributed by atoms with van der Waals surface area (Å²) in [5.41, 5.74) is 1.35. The Bertz CT molecular complexity index is 1110. The number of amides is 1. The molecule has 0 unspecified atom stereocenters. The number of carbonyl (C=O) groups is 2. The van der Waals surface area contributed by atoms with Crippen LogP contribution in [0.25, 0.3) is 10.2 Å². The molecule has 4 rings (SSSR count). The largest absolute Gasteiger partial charge is 0.466 e. The Labute approximate surface area is 187 Å². The minimum atomic E-state index is -4.39. The van der Waals surface area contributed by atoms with E-state index in [2.05, 4.69) is 0 Å². The monoisotopic (exact) mass is 464 g/mol. The third-order valence-electron chi connectivity index (χ3n) is 5.77. The van der Waals surface area contributed by atoms with Crippen molar-refractivity contribution >= 4 is 33.4 Å². The molecule has 1 saturated heterocycles. The molecule has 9 heteroatoms. The van der Waals surface area contributed by atoms with Crippen molar-refractivity contribution in [1.29, 1.82) is 0 Å². The van der Waals surface area contributed by atoms with Crippen LogP contribution >= 0.6 is 11.3 Å². The number of hydrogen-bond acceptors (Lipinski definition) is 4. The zero-order valence-electron chi connectivity index (χ0n) is 17.5.